The van der Waals surface area contributed by atoms with E-state index in [1.165, 1.54) is 52.8 Å². The Balaban J connectivity index is 1.33. The molecule has 0 unspecified atom stereocenters. The second-order valence-corrected chi connectivity index (χ2v) is 11.2. The predicted octanol–water partition coefficient (Wildman–Crippen LogP) is 10.9. The van der Waals surface area contributed by atoms with Gasteiger partial charge in [0.05, 0.1) is 0 Å². The Hall–Kier alpha value is -4.99. The molecule has 0 bridgehead atoms. The average Bonchev–Trinajstić information content (AvgIpc) is 3.40. The van der Waals surface area contributed by atoms with Gasteiger partial charge in [0, 0.05) is 37.7 Å². The quantitative estimate of drug-likeness (QED) is 0.211. The van der Waals surface area contributed by atoms with Crippen LogP contribution in [0.4, 0.5) is 17.2 Å². The first-order valence-electron chi connectivity index (χ1n) is 13.5. The molecule has 0 N–H and O–H groups in total. The third-order valence-electron chi connectivity index (χ3n) is 7.70. The number of benzene rings is 6. The van der Waals surface area contributed by atoms with Crippen molar-refractivity contribution < 1.29 is 0 Å². The van der Waals surface area contributed by atoms with E-state index < -0.39 is 0 Å². The van der Waals surface area contributed by atoms with E-state index in [9.17, 15) is 0 Å². The van der Waals surface area contributed by atoms with E-state index in [1.54, 1.807) is 0 Å². The molecule has 8 aromatic rings. The molecule has 6 aromatic carbocycles. The molecule has 0 atom stereocenters. The summed E-state index contributed by atoms with van der Waals surface area (Å²) in [5.74, 6) is 0.908. The van der Waals surface area contributed by atoms with Crippen LogP contribution in [0, 0.1) is 0 Å². The molecule has 0 aliphatic heterocycles. The van der Waals surface area contributed by atoms with Crippen LogP contribution in [0.2, 0.25) is 0 Å². The van der Waals surface area contributed by atoms with E-state index in [2.05, 4.69) is 144 Å². The lowest BCUT2D eigenvalue weighted by Gasteiger charge is -2.25. The molecule has 2 nitrogen and oxygen atoms in total. The third kappa shape index (κ3) is 3.83. The second kappa shape index (κ2) is 9.33. The first kappa shape index (κ1) is 22.9. The number of anilines is 3. The maximum Gasteiger partial charge on any atom is 0.138 e. The summed E-state index contributed by atoms with van der Waals surface area (Å²) in [6.07, 6.45) is 2.03. The van der Waals surface area contributed by atoms with E-state index in [4.69, 9.17) is 4.98 Å². The molecular weight excluding hydrogens is 504 g/mol. The van der Waals surface area contributed by atoms with Gasteiger partial charge in [0.1, 0.15) is 5.82 Å². The summed E-state index contributed by atoms with van der Waals surface area (Å²) in [6.45, 7) is 0. The van der Waals surface area contributed by atoms with Gasteiger partial charge < -0.3 is 0 Å². The highest BCUT2D eigenvalue weighted by atomic mass is 32.1. The number of hydrogen-bond acceptors (Lipinski definition) is 3. The Morgan fingerprint density at radius 2 is 1.10 bits per heavy atom. The number of nitrogens with zero attached hydrogens (tertiary/aromatic N) is 2. The highest BCUT2D eigenvalue weighted by Crippen LogP contribution is 2.41. The Labute approximate surface area is 236 Å². The first-order valence-corrected chi connectivity index (χ1v) is 14.3. The minimum atomic E-state index is 0.908. The Bertz CT molecular complexity index is 2160. The smallest absolute Gasteiger partial charge is 0.138 e. The van der Waals surface area contributed by atoms with Crippen LogP contribution >= 0.6 is 11.3 Å². The predicted molar refractivity (Wildman–Crippen MR) is 172 cm³/mol. The van der Waals surface area contributed by atoms with E-state index in [0.717, 1.165) is 17.2 Å². The van der Waals surface area contributed by atoms with Gasteiger partial charge in [0.2, 0.25) is 0 Å². The van der Waals surface area contributed by atoms with Gasteiger partial charge in [-0.15, -0.1) is 11.3 Å². The summed E-state index contributed by atoms with van der Waals surface area (Å²) >= 11 is 1.82. The van der Waals surface area contributed by atoms with Crippen LogP contribution in [0.25, 0.3) is 52.8 Å². The number of aromatic nitrogens is 1. The second-order valence-electron chi connectivity index (χ2n) is 10.1. The molecular formula is C37H24N2S. The summed E-state index contributed by atoms with van der Waals surface area (Å²) < 4.78 is 2.52. The van der Waals surface area contributed by atoms with E-state index in [0.29, 0.717) is 0 Å². The Morgan fingerprint density at radius 1 is 0.450 bits per heavy atom. The normalized spacial score (nSPS) is 11.5. The fraction of sp³-hybridized carbons (Fsp3) is 0. The zero-order chi connectivity index (χ0) is 26.5. The van der Waals surface area contributed by atoms with Gasteiger partial charge >= 0.3 is 0 Å². The lowest BCUT2D eigenvalue weighted by atomic mass is 10.0. The zero-order valence-corrected chi connectivity index (χ0v) is 22.5. The zero-order valence-electron chi connectivity index (χ0n) is 21.7. The number of pyridine rings is 1. The number of hydrogen-bond donors (Lipinski definition) is 0. The summed E-state index contributed by atoms with van der Waals surface area (Å²) in [4.78, 5) is 7.32. The highest BCUT2D eigenvalue weighted by Gasteiger charge is 2.17. The van der Waals surface area contributed by atoms with E-state index in [-0.39, 0.29) is 0 Å². The van der Waals surface area contributed by atoms with Crippen LogP contribution in [0.5, 0.6) is 0 Å². The van der Waals surface area contributed by atoms with Gasteiger partial charge in [-0.25, -0.2) is 4.98 Å². The summed E-state index contributed by atoms with van der Waals surface area (Å²) in [5.41, 5.74) is 4.57. The van der Waals surface area contributed by atoms with Crippen molar-refractivity contribution in [2.45, 2.75) is 0 Å². The SMILES string of the molecule is c1ccc(-c2ccc(N(c3ccc4ccc5ccccc5c4c3)c3cc4sc5ccccc5c4cn3)cc2)cc1. The number of fused-ring (bicyclic) bond motifs is 6. The van der Waals surface area contributed by atoms with Crippen molar-refractivity contribution in [2.75, 3.05) is 4.90 Å². The molecule has 40 heavy (non-hydrogen) atoms. The maximum atomic E-state index is 5.04. The minimum absolute atomic E-state index is 0.908. The third-order valence-corrected chi connectivity index (χ3v) is 8.83. The lowest BCUT2D eigenvalue weighted by molar-refractivity contribution is 1.20. The number of thiophene rings is 1. The maximum absolute atomic E-state index is 5.04. The molecule has 0 fully saturated rings. The Morgan fingerprint density at radius 3 is 1.95 bits per heavy atom. The average molecular weight is 529 g/mol. The molecule has 3 heteroatoms. The molecule has 188 valence electrons. The molecule has 0 amide bonds. The van der Waals surface area contributed by atoms with Crippen molar-refractivity contribution in [3.05, 3.63) is 146 Å². The van der Waals surface area contributed by atoms with Gasteiger partial charge in [0.15, 0.2) is 0 Å². The summed E-state index contributed by atoms with van der Waals surface area (Å²) in [7, 11) is 0. The fourth-order valence-corrected chi connectivity index (χ4v) is 6.82. The van der Waals surface area contributed by atoms with Gasteiger partial charge in [-0.3, -0.25) is 4.90 Å². The van der Waals surface area contributed by atoms with E-state index >= 15 is 0 Å². The van der Waals surface area contributed by atoms with Crippen LogP contribution < -0.4 is 4.90 Å². The highest BCUT2D eigenvalue weighted by molar-refractivity contribution is 7.25. The van der Waals surface area contributed by atoms with Crippen molar-refractivity contribution in [2.24, 2.45) is 0 Å². The van der Waals surface area contributed by atoms with Crippen molar-refractivity contribution in [1.29, 1.82) is 0 Å². The van der Waals surface area contributed by atoms with Gasteiger partial charge in [-0.05, 0) is 69.1 Å². The van der Waals surface area contributed by atoms with Crippen LogP contribution in [0.1, 0.15) is 0 Å². The summed E-state index contributed by atoms with van der Waals surface area (Å²) in [6, 6.07) is 49.9. The molecule has 0 spiro atoms. The lowest BCUT2D eigenvalue weighted by Crippen LogP contribution is -2.11. The van der Waals surface area contributed by atoms with Gasteiger partial charge in [0.25, 0.3) is 0 Å². The topological polar surface area (TPSA) is 16.1 Å². The van der Waals surface area contributed by atoms with Crippen molar-refractivity contribution in [3.63, 3.8) is 0 Å². The van der Waals surface area contributed by atoms with Gasteiger partial charge in [-0.2, -0.15) is 0 Å². The largest absolute Gasteiger partial charge is 0.295 e. The Kier molecular flexibility index (Phi) is 5.35. The molecule has 0 aliphatic rings. The standard InChI is InChI=1S/C37H24N2S/c1-2-8-25(9-3-1)26-16-19-29(20-17-26)39(37-23-36-34(24-38-37)32-12-6-7-13-35(32)40-36)30-21-18-28-15-14-27-10-4-5-11-31(27)33(28)22-30/h1-24H. The van der Waals surface area contributed by atoms with Gasteiger partial charge in [-0.1, -0.05) is 103 Å². The molecule has 0 saturated heterocycles. The van der Waals surface area contributed by atoms with Crippen LogP contribution in [-0.2, 0) is 0 Å². The van der Waals surface area contributed by atoms with E-state index in [1.807, 2.05) is 17.5 Å². The molecule has 2 heterocycles. The molecule has 0 aliphatic carbocycles. The molecule has 8 rings (SSSR count). The minimum Gasteiger partial charge on any atom is -0.295 e. The monoisotopic (exact) mass is 528 g/mol. The van der Waals surface area contributed by atoms with Crippen molar-refractivity contribution in [3.8, 4) is 11.1 Å². The molecule has 0 saturated carbocycles. The van der Waals surface area contributed by atoms with Crippen LogP contribution in [0.15, 0.2) is 146 Å². The molecule has 0 radical (unpaired) electrons. The first-order chi connectivity index (χ1) is 19.8. The van der Waals surface area contributed by atoms with Crippen molar-refractivity contribution >= 4 is 70.2 Å². The number of rotatable bonds is 4. The molecule has 2 aromatic heterocycles. The van der Waals surface area contributed by atoms with Crippen molar-refractivity contribution in [1.82, 2.24) is 4.98 Å². The fourth-order valence-electron chi connectivity index (χ4n) is 5.71. The van der Waals surface area contributed by atoms with Crippen LogP contribution in [-0.4, -0.2) is 4.98 Å². The van der Waals surface area contributed by atoms with Crippen LogP contribution in [0.3, 0.4) is 0 Å². The summed E-state index contributed by atoms with van der Waals surface area (Å²) in [5, 5.41) is 7.44.